The summed E-state index contributed by atoms with van der Waals surface area (Å²) in [6.07, 6.45) is 10.7. The fourth-order valence-corrected chi connectivity index (χ4v) is 10.2. The van der Waals surface area contributed by atoms with Crippen molar-refractivity contribution in [1.29, 1.82) is 0 Å². The second-order valence-corrected chi connectivity index (χ2v) is 15.1. The highest BCUT2D eigenvalue weighted by molar-refractivity contribution is 5.88. The molecule has 0 heterocycles. The molecule has 1 aromatic rings. The van der Waals surface area contributed by atoms with Gasteiger partial charge < -0.3 is 10.5 Å². The summed E-state index contributed by atoms with van der Waals surface area (Å²) < 4.78 is 6.20. The molecule has 10 atom stereocenters. The smallest absolute Gasteiger partial charge is 0.309 e. The van der Waals surface area contributed by atoms with Crippen LogP contribution >= 0.6 is 0 Å². The van der Waals surface area contributed by atoms with E-state index in [1.807, 2.05) is 51.1 Å². The highest BCUT2D eigenvalue weighted by Crippen LogP contribution is 2.67. The molecular weight excluding hydrogens is 510 g/mol. The second-order valence-electron chi connectivity index (χ2n) is 15.1. The van der Waals surface area contributed by atoms with E-state index in [9.17, 15) is 14.4 Å². The standard InChI is InChI=1S/C36H53NO4/c1-22(2)28(21-33(39)32(37)19-24-9-7-6-8-10-24)34(40)41-26-15-17-35(4)25(20-26)11-12-27-30-14-13-29(23(3)38)36(30,5)18-16-31(27)35/h6-10,22,25-32H,11-21,37H2,1-5H3/t25?,26?,27-,28?,29+,30?,31?,32?,35-,36+/m0/s1. The third kappa shape index (κ3) is 5.82. The third-order valence-electron chi connectivity index (χ3n) is 12.6. The molecule has 1 aromatic carbocycles. The minimum atomic E-state index is -0.611. The van der Waals surface area contributed by atoms with Gasteiger partial charge in [-0.2, -0.15) is 0 Å². The Morgan fingerprint density at radius 2 is 1.61 bits per heavy atom. The average Bonchev–Trinajstić information content (AvgIpc) is 3.29. The Balaban J connectivity index is 1.19. The number of carbonyl (C=O) groups excluding carboxylic acids is 3. The summed E-state index contributed by atoms with van der Waals surface area (Å²) in [4.78, 5) is 38.9. The summed E-state index contributed by atoms with van der Waals surface area (Å²) in [7, 11) is 0. The van der Waals surface area contributed by atoms with E-state index in [4.69, 9.17) is 10.5 Å². The largest absolute Gasteiger partial charge is 0.462 e. The van der Waals surface area contributed by atoms with E-state index in [1.165, 1.54) is 32.1 Å². The van der Waals surface area contributed by atoms with Crippen LogP contribution in [0, 0.1) is 52.3 Å². The number of nitrogens with two attached hydrogens (primary N) is 1. The van der Waals surface area contributed by atoms with Crippen LogP contribution in [-0.4, -0.2) is 29.7 Å². The van der Waals surface area contributed by atoms with Gasteiger partial charge in [0, 0.05) is 12.3 Å². The first kappa shape index (κ1) is 30.4. The van der Waals surface area contributed by atoms with Gasteiger partial charge in [0.2, 0.25) is 0 Å². The maximum Gasteiger partial charge on any atom is 0.309 e. The van der Waals surface area contributed by atoms with Crippen molar-refractivity contribution in [1.82, 2.24) is 0 Å². The van der Waals surface area contributed by atoms with Crippen molar-refractivity contribution in [2.75, 3.05) is 0 Å². The van der Waals surface area contributed by atoms with E-state index in [0.717, 1.165) is 37.2 Å². The molecule has 4 aliphatic rings. The van der Waals surface area contributed by atoms with Crippen LogP contribution in [0.3, 0.4) is 0 Å². The van der Waals surface area contributed by atoms with Crippen LogP contribution in [0.4, 0.5) is 0 Å². The van der Waals surface area contributed by atoms with E-state index in [2.05, 4.69) is 13.8 Å². The summed E-state index contributed by atoms with van der Waals surface area (Å²) >= 11 is 0. The first-order valence-corrected chi connectivity index (χ1v) is 16.5. The first-order valence-electron chi connectivity index (χ1n) is 16.5. The van der Waals surface area contributed by atoms with Gasteiger partial charge >= 0.3 is 5.97 Å². The van der Waals surface area contributed by atoms with Crippen LogP contribution in [0.1, 0.15) is 104 Å². The Morgan fingerprint density at radius 3 is 2.29 bits per heavy atom. The molecule has 0 amide bonds. The molecule has 0 aromatic heterocycles. The number of ketones is 2. The Labute approximate surface area is 247 Å². The van der Waals surface area contributed by atoms with Gasteiger partial charge in [-0.25, -0.2) is 0 Å². The van der Waals surface area contributed by atoms with Crippen molar-refractivity contribution in [2.45, 2.75) is 117 Å². The number of esters is 1. The molecular formula is C36H53NO4. The molecule has 0 bridgehead atoms. The molecule has 0 radical (unpaired) electrons. The molecule has 4 fully saturated rings. The highest BCUT2D eigenvalue weighted by atomic mass is 16.5. The van der Waals surface area contributed by atoms with Crippen LogP contribution in [0.15, 0.2) is 30.3 Å². The lowest BCUT2D eigenvalue weighted by atomic mass is 9.44. The van der Waals surface area contributed by atoms with Gasteiger partial charge in [-0.05, 0) is 117 Å². The van der Waals surface area contributed by atoms with Crippen LogP contribution in [0.25, 0.3) is 0 Å². The first-order chi connectivity index (χ1) is 19.4. The van der Waals surface area contributed by atoms with E-state index < -0.39 is 12.0 Å². The van der Waals surface area contributed by atoms with E-state index >= 15 is 0 Å². The van der Waals surface area contributed by atoms with E-state index in [0.29, 0.717) is 35.4 Å². The van der Waals surface area contributed by atoms with Gasteiger partial charge in [-0.1, -0.05) is 58.0 Å². The van der Waals surface area contributed by atoms with Gasteiger partial charge in [-0.15, -0.1) is 0 Å². The predicted octanol–water partition coefficient (Wildman–Crippen LogP) is 6.95. The van der Waals surface area contributed by atoms with Gasteiger partial charge in [0.15, 0.2) is 5.78 Å². The summed E-state index contributed by atoms with van der Waals surface area (Å²) in [5, 5.41) is 0. The Hall–Kier alpha value is -2.01. The molecule has 41 heavy (non-hydrogen) atoms. The lowest BCUT2D eigenvalue weighted by Crippen LogP contribution is -2.54. The zero-order chi connectivity index (χ0) is 29.5. The van der Waals surface area contributed by atoms with E-state index in [-0.39, 0.29) is 41.5 Å². The van der Waals surface area contributed by atoms with Gasteiger partial charge in [-0.3, -0.25) is 14.4 Å². The molecule has 0 spiro atoms. The van der Waals surface area contributed by atoms with Crippen LogP contribution in [0.2, 0.25) is 0 Å². The zero-order valence-electron chi connectivity index (χ0n) is 26.1. The van der Waals surface area contributed by atoms with Gasteiger partial charge in [0.25, 0.3) is 0 Å². The monoisotopic (exact) mass is 563 g/mol. The topological polar surface area (TPSA) is 86.5 Å². The Bertz CT molecular complexity index is 1120. The molecule has 5 nitrogen and oxygen atoms in total. The summed E-state index contributed by atoms with van der Waals surface area (Å²) in [5.41, 5.74) is 7.78. The molecule has 5 heteroatoms. The number of benzene rings is 1. The van der Waals surface area contributed by atoms with Crippen molar-refractivity contribution in [3.63, 3.8) is 0 Å². The van der Waals surface area contributed by atoms with Crippen LogP contribution < -0.4 is 5.73 Å². The van der Waals surface area contributed by atoms with Crippen molar-refractivity contribution < 1.29 is 19.1 Å². The normalized spacial score (nSPS) is 37.8. The number of carbonyl (C=O) groups is 3. The quantitative estimate of drug-likeness (QED) is 0.329. The number of fused-ring (bicyclic) bond motifs is 5. The zero-order valence-corrected chi connectivity index (χ0v) is 26.1. The molecule has 5 rings (SSSR count). The predicted molar refractivity (Wildman–Crippen MR) is 162 cm³/mol. The van der Waals surface area contributed by atoms with Gasteiger partial charge in [0.1, 0.15) is 11.9 Å². The molecule has 2 N–H and O–H groups in total. The van der Waals surface area contributed by atoms with Crippen LogP contribution in [0.5, 0.6) is 0 Å². The SMILES string of the molecule is CC(=O)[C@H]1CCC2[C@@H]3CCC4CC(OC(=O)C(CC(=O)C(N)Cc5ccccc5)C(C)C)CC[C@]4(C)C3CC[C@@]21C. The third-order valence-corrected chi connectivity index (χ3v) is 12.6. The van der Waals surface area contributed by atoms with Crippen molar-refractivity contribution in [2.24, 2.45) is 58.0 Å². The number of hydrogen-bond donors (Lipinski definition) is 1. The Morgan fingerprint density at radius 1 is 0.927 bits per heavy atom. The van der Waals surface area contributed by atoms with Crippen molar-refractivity contribution in [3.05, 3.63) is 35.9 Å². The van der Waals surface area contributed by atoms with Crippen LogP contribution in [-0.2, 0) is 25.5 Å². The molecule has 4 aliphatic carbocycles. The number of rotatable bonds is 9. The number of ether oxygens (including phenoxy) is 1. The molecule has 0 aliphatic heterocycles. The molecule has 4 saturated carbocycles. The van der Waals surface area contributed by atoms with Crippen molar-refractivity contribution in [3.8, 4) is 0 Å². The lowest BCUT2D eigenvalue weighted by Gasteiger charge is -2.61. The average molecular weight is 564 g/mol. The molecule has 0 saturated heterocycles. The molecule has 226 valence electrons. The minimum Gasteiger partial charge on any atom is -0.462 e. The fraction of sp³-hybridized carbons (Fsp3) is 0.750. The maximum atomic E-state index is 13.4. The lowest BCUT2D eigenvalue weighted by molar-refractivity contribution is -0.169. The summed E-state index contributed by atoms with van der Waals surface area (Å²) in [6, 6.07) is 9.20. The number of hydrogen-bond acceptors (Lipinski definition) is 5. The minimum absolute atomic E-state index is 0.0152. The molecule has 6 unspecified atom stereocenters. The van der Waals surface area contributed by atoms with E-state index in [1.54, 1.807) is 0 Å². The summed E-state index contributed by atoms with van der Waals surface area (Å²) in [6.45, 7) is 10.7. The second kappa shape index (κ2) is 11.9. The van der Waals surface area contributed by atoms with Gasteiger partial charge in [0.05, 0.1) is 12.0 Å². The highest BCUT2D eigenvalue weighted by Gasteiger charge is 2.61. The number of Topliss-reactive ketones (excluding diaryl/α,β-unsaturated/α-hetero) is 2. The van der Waals surface area contributed by atoms with Crippen molar-refractivity contribution >= 4 is 17.5 Å². The maximum absolute atomic E-state index is 13.4. The summed E-state index contributed by atoms with van der Waals surface area (Å²) in [5.74, 6) is 2.62. The Kier molecular flexibility index (Phi) is 8.86. The fourth-order valence-electron chi connectivity index (χ4n) is 10.2.